The Morgan fingerprint density at radius 2 is 1.80 bits per heavy atom. The van der Waals surface area contributed by atoms with Crippen LogP contribution in [0.4, 0.5) is 0 Å². The monoisotopic (exact) mass is 195 g/mol. The minimum atomic E-state index is 0.0480. The van der Waals surface area contributed by atoms with Gasteiger partial charge in [0, 0.05) is 11.1 Å². The van der Waals surface area contributed by atoms with Gasteiger partial charge < -0.3 is 0 Å². The van der Waals surface area contributed by atoms with Crippen molar-refractivity contribution in [3.05, 3.63) is 71.3 Å². The van der Waals surface area contributed by atoms with Crippen molar-refractivity contribution in [2.24, 2.45) is 0 Å². The van der Waals surface area contributed by atoms with Gasteiger partial charge in [-0.15, -0.1) is 0 Å². The van der Waals surface area contributed by atoms with E-state index in [4.69, 9.17) is 0 Å². The van der Waals surface area contributed by atoms with E-state index in [-0.39, 0.29) is 5.78 Å². The average molecular weight is 195 g/mol. The number of carbonyl (C=O) groups excluding carboxylic acids is 1. The van der Waals surface area contributed by atoms with Gasteiger partial charge >= 0.3 is 0 Å². The molecule has 1 heteroatoms. The van der Waals surface area contributed by atoms with Crippen molar-refractivity contribution in [1.82, 2.24) is 0 Å². The first kappa shape index (κ1) is 9.66. The van der Waals surface area contributed by atoms with E-state index in [2.05, 4.69) is 6.07 Å². The molecular formula is C14H11O. The van der Waals surface area contributed by atoms with Crippen molar-refractivity contribution in [2.75, 3.05) is 0 Å². The molecule has 1 radical (unpaired) electrons. The summed E-state index contributed by atoms with van der Waals surface area (Å²) in [5, 5.41) is 0. The Bertz CT molecular complexity index is 454. The summed E-state index contributed by atoms with van der Waals surface area (Å²) >= 11 is 0. The van der Waals surface area contributed by atoms with E-state index in [0.717, 1.165) is 11.1 Å². The van der Waals surface area contributed by atoms with Gasteiger partial charge in [0.25, 0.3) is 0 Å². The Morgan fingerprint density at radius 1 is 1.07 bits per heavy atom. The molecule has 0 heterocycles. The number of carbonyl (C=O) groups is 1. The summed E-state index contributed by atoms with van der Waals surface area (Å²) in [5.41, 5.74) is 2.56. The lowest BCUT2D eigenvalue weighted by atomic mass is 10.0. The summed E-state index contributed by atoms with van der Waals surface area (Å²) in [4.78, 5) is 11.9. The van der Waals surface area contributed by atoms with Gasteiger partial charge in [0.15, 0.2) is 5.78 Å². The van der Waals surface area contributed by atoms with E-state index in [1.807, 2.05) is 37.3 Å². The summed E-state index contributed by atoms with van der Waals surface area (Å²) in [6.07, 6.45) is 0. The summed E-state index contributed by atoms with van der Waals surface area (Å²) in [7, 11) is 0. The third kappa shape index (κ3) is 2.13. The molecule has 2 aromatic carbocycles. The number of benzene rings is 2. The van der Waals surface area contributed by atoms with E-state index in [1.165, 1.54) is 0 Å². The SMILES string of the molecule is Cc1ccc(C(=O)c2c[c]ccc2)cc1. The fourth-order valence-electron chi connectivity index (χ4n) is 1.41. The molecule has 0 N–H and O–H groups in total. The lowest BCUT2D eigenvalue weighted by Gasteiger charge is -2.00. The smallest absolute Gasteiger partial charge is 0.193 e. The molecule has 0 fully saturated rings. The van der Waals surface area contributed by atoms with Crippen LogP contribution in [0.2, 0.25) is 0 Å². The maximum atomic E-state index is 11.9. The number of ketones is 1. The molecule has 0 atom stereocenters. The van der Waals surface area contributed by atoms with E-state index in [0.29, 0.717) is 5.56 Å². The first-order valence-corrected chi connectivity index (χ1v) is 4.85. The van der Waals surface area contributed by atoms with Crippen LogP contribution in [0.25, 0.3) is 0 Å². The maximum absolute atomic E-state index is 11.9. The Balaban J connectivity index is 2.33. The fourth-order valence-corrected chi connectivity index (χ4v) is 1.41. The van der Waals surface area contributed by atoms with Crippen LogP contribution in [0.3, 0.4) is 0 Å². The van der Waals surface area contributed by atoms with Crippen LogP contribution < -0.4 is 0 Å². The molecule has 0 amide bonds. The Morgan fingerprint density at radius 3 is 2.40 bits per heavy atom. The molecule has 0 unspecified atom stereocenters. The van der Waals surface area contributed by atoms with Gasteiger partial charge in [-0.05, 0) is 19.1 Å². The summed E-state index contributed by atoms with van der Waals surface area (Å²) in [6.45, 7) is 2.00. The molecule has 73 valence electrons. The van der Waals surface area contributed by atoms with Gasteiger partial charge in [-0.3, -0.25) is 4.79 Å². The molecule has 0 aromatic heterocycles. The molecule has 0 saturated heterocycles. The highest BCUT2D eigenvalue weighted by atomic mass is 16.1. The van der Waals surface area contributed by atoms with Crippen LogP contribution in [0, 0.1) is 13.0 Å². The largest absolute Gasteiger partial charge is 0.289 e. The first-order valence-electron chi connectivity index (χ1n) is 4.85. The van der Waals surface area contributed by atoms with E-state index < -0.39 is 0 Å². The molecule has 0 aliphatic heterocycles. The van der Waals surface area contributed by atoms with Crippen molar-refractivity contribution in [3.63, 3.8) is 0 Å². The quantitative estimate of drug-likeness (QED) is 0.673. The second-order valence-electron chi connectivity index (χ2n) is 3.49. The predicted molar refractivity (Wildman–Crippen MR) is 59.9 cm³/mol. The average Bonchev–Trinajstić information content (AvgIpc) is 2.30. The van der Waals surface area contributed by atoms with Crippen LogP contribution in [0.15, 0.2) is 48.5 Å². The van der Waals surface area contributed by atoms with Gasteiger partial charge in [-0.25, -0.2) is 0 Å². The number of hydrogen-bond donors (Lipinski definition) is 0. The lowest BCUT2D eigenvalue weighted by Crippen LogP contribution is -2.00. The molecule has 15 heavy (non-hydrogen) atoms. The maximum Gasteiger partial charge on any atom is 0.193 e. The van der Waals surface area contributed by atoms with Crippen LogP contribution >= 0.6 is 0 Å². The summed E-state index contributed by atoms with van der Waals surface area (Å²) in [5.74, 6) is 0.0480. The van der Waals surface area contributed by atoms with Crippen LogP contribution in [0.5, 0.6) is 0 Å². The van der Waals surface area contributed by atoms with Crippen molar-refractivity contribution < 1.29 is 4.79 Å². The fraction of sp³-hybridized carbons (Fsp3) is 0.0714. The highest BCUT2D eigenvalue weighted by Gasteiger charge is 2.06. The van der Waals surface area contributed by atoms with E-state index >= 15 is 0 Å². The molecule has 0 bridgehead atoms. The topological polar surface area (TPSA) is 17.1 Å². The van der Waals surface area contributed by atoms with Crippen molar-refractivity contribution in [1.29, 1.82) is 0 Å². The number of rotatable bonds is 2. The van der Waals surface area contributed by atoms with Gasteiger partial charge in [0.2, 0.25) is 0 Å². The molecule has 2 rings (SSSR count). The van der Waals surface area contributed by atoms with Gasteiger partial charge in [-0.2, -0.15) is 0 Å². The summed E-state index contributed by atoms with van der Waals surface area (Å²) < 4.78 is 0. The zero-order valence-corrected chi connectivity index (χ0v) is 8.53. The van der Waals surface area contributed by atoms with E-state index in [1.54, 1.807) is 18.2 Å². The van der Waals surface area contributed by atoms with Crippen LogP contribution in [-0.4, -0.2) is 5.78 Å². The molecule has 0 aliphatic rings. The van der Waals surface area contributed by atoms with Crippen molar-refractivity contribution in [2.45, 2.75) is 6.92 Å². The third-order valence-electron chi connectivity index (χ3n) is 2.28. The predicted octanol–water partition coefficient (Wildman–Crippen LogP) is 3.03. The van der Waals surface area contributed by atoms with Crippen molar-refractivity contribution in [3.8, 4) is 0 Å². The van der Waals surface area contributed by atoms with E-state index in [9.17, 15) is 4.79 Å². The Hall–Kier alpha value is -1.89. The highest BCUT2D eigenvalue weighted by molar-refractivity contribution is 6.08. The van der Waals surface area contributed by atoms with Crippen LogP contribution in [-0.2, 0) is 0 Å². The second kappa shape index (κ2) is 4.09. The molecule has 0 aliphatic carbocycles. The molecular weight excluding hydrogens is 184 g/mol. The molecule has 0 saturated carbocycles. The molecule has 1 nitrogen and oxygen atoms in total. The Labute approximate surface area is 89.4 Å². The lowest BCUT2D eigenvalue weighted by molar-refractivity contribution is 0.103. The zero-order valence-electron chi connectivity index (χ0n) is 8.53. The first-order chi connectivity index (χ1) is 7.27. The minimum Gasteiger partial charge on any atom is -0.289 e. The van der Waals surface area contributed by atoms with Gasteiger partial charge in [0.05, 0.1) is 0 Å². The Kier molecular flexibility index (Phi) is 2.64. The highest BCUT2D eigenvalue weighted by Crippen LogP contribution is 2.10. The minimum absolute atomic E-state index is 0.0480. The standard InChI is InChI=1S/C14H11O/c1-11-7-9-13(10-8-11)14(15)12-5-3-2-4-6-12/h2-3,5-10H,1H3. The summed E-state index contributed by atoms with van der Waals surface area (Å²) in [6, 6.07) is 17.6. The van der Waals surface area contributed by atoms with Gasteiger partial charge in [-0.1, -0.05) is 48.0 Å². The molecule has 0 spiro atoms. The zero-order chi connectivity index (χ0) is 10.7. The van der Waals surface area contributed by atoms with Crippen molar-refractivity contribution >= 4 is 5.78 Å². The normalized spacial score (nSPS) is 9.93. The third-order valence-corrected chi connectivity index (χ3v) is 2.28. The number of aryl methyl sites for hydroxylation is 1. The molecule has 2 aromatic rings. The second-order valence-corrected chi connectivity index (χ2v) is 3.49. The van der Waals surface area contributed by atoms with Gasteiger partial charge in [0.1, 0.15) is 0 Å². The van der Waals surface area contributed by atoms with Crippen LogP contribution in [0.1, 0.15) is 21.5 Å². The number of hydrogen-bond acceptors (Lipinski definition) is 1.